The van der Waals surface area contributed by atoms with Crippen molar-refractivity contribution in [2.24, 2.45) is 0 Å². The summed E-state index contributed by atoms with van der Waals surface area (Å²) in [7, 11) is 1.87. The number of hydrogen-bond acceptors (Lipinski definition) is 4. The van der Waals surface area contributed by atoms with E-state index in [2.05, 4.69) is 46.2 Å². The molecule has 0 atom stereocenters. The molecule has 0 saturated carbocycles. The van der Waals surface area contributed by atoms with Gasteiger partial charge in [0.1, 0.15) is 0 Å². The summed E-state index contributed by atoms with van der Waals surface area (Å²) in [6.45, 7) is 7.42. The highest BCUT2D eigenvalue weighted by molar-refractivity contribution is 5.94. The molecule has 1 amide bonds. The number of carbonyl (C=O) groups is 1. The van der Waals surface area contributed by atoms with Gasteiger partial charge in [0.2, 0.25) is 0 Å². The van der Waals surface area contributed by atoms with Gasteiger partial charge >= 0.3 is 0 Å². The molecule has 160 valence electrons. The fourth-order valence-corrected chi connectivity index (χ4v) is 4.33. The molecule has 0 spiro atoms. The van der Waals surface area contributed by atoms with E-state index in [4.69, 9.17) is 4.74 Å². The lowest BCUT2D eigenvalue weighted by molar-refractivity contribution is 0.0785. The molecule has 2 heterocycles. The third kappa shape index (κ3) is 5.41. The minimum atomic E-state index is 0.0665. The Labute approximate surface area is 180 Å². The van der Waals surface area contributed by atoms with Gasteiger partial charge in [-0.15, -0.1) is 0 Å². The second kappa shape index (κ2) is 10.1. The van der Waals surface area contributed by atoms with Crippen LogP contribution in [0.1, 0.15) is 40.7 Å². The molecule has 0 unspecified atom stereocenters. The second-order valence-electron chi connectivity index (χ2n) is 8.46. The Morgan fingerprint density at radius 2 is 1.50 bits per heavy atom. The van der Waals surface area contributed by atoms with Crippen LogP contribution in [0.4, 0.5) is 5.69 Å². The van der Waals surface area contributed by atoms with Gasteiger partial charge in [0, 0.05) is 44.5 Å². The Balaban J connectivity index is 1.31. The largest absolute Gasteiger partial charge is 0.378 e. The van der Waals surface area contributed by atoms with Crippen LogP contribution in [0.2, 0.25) is 0 Å². The van der Waals surface area contributed by atoms with E-state index in [0.29, 0.717) is 6.54 Å². The van der Waals surface area contributed by atoms with E-state index in [1.165, 1.54) is 43.6 Å². The number of amides is 1. The zero-order chi connectivity index (χ0) is 20.8. The predicted molar refractivity (Wildman–Crippen MR) is 121 cm³/mol. The molecule has 2 aliphatic rings. The molecule has 30 heavy (non-hydrogen) atoms. The van der Waals surface area contributed by atoms with Gasteiger partial charge in [-0.1, -0.05) is 30.7 Å². The first-order chi connectivity index (χ1) is 14.7. The SMILES string of the molecule is CN(Cc1ccc(N2CCOCC2)cc1)C(=O)c1ccc(CN2CCCCC2)cc1. The van der Waals surface area contributed by atoms with E-state index in [1.807, 2.05) is 19.2 Å². The molecule has 2 fully saturated rings. The number of nitrogens with zero attached hydrogens (tertiary/aromatic N) is 3. The zero-order valence-corrected chi connectivity index (χ0v) is 18.1. The molecule has 2 aliphatic heterocycles. The maximum atomic E-state index is 12.9. The summed E-state index contributed by atoms with van der Waals surface area (Å²) in [5.74, 6) is 0.0665. The highest BCUT2D eigenvalue weighted by Crippen LogP contribution is 2.18. The number of anilines is 1. The van der Waals surface area contributed by atoms with Gasteiger partial charge in [0.15, 0.2) is 0 Å². The van der Waals surface area contributed by atoms with E-state index in [0.717, 1.165) is 44.0 Å². The van der Waals surface area contributed by atoms with Gasteiger partial charge in [-0.2, -0.15) is 0 Å². The van der Waals surface area contributed by atoms with E-state index in [9.17, 15) is 4.79 Å². The number of rotatable bonds is 6. The number of piperidine rings is 1. The number of benzene rings is 2. The van der Waals surface area contributed by atoms with Crippen LogP contribution >= 0.6 is 0 Å². The molecule has 5 nitrogen and oxygen atoms in total. The quantitative estimate of drug-likeness (QED) is 0.730. The fraction of sp³-hybridized carbons (Fsp3) is 0.480. The maximum Gasteiger partial charge on any atom is 0.253 e. The molecule has 0 aliphatic carbocycles. The van der Waals surface area contributed by atoms with E-state index < -0.39 is 0 Å². The molecule has 0 aromatic heterocycles. The van der Waals surface area contributed by atoms with Crippen LogP contribution in [-0.4, -0.2) is 62.1 Å². The number of morpholine rings is 1. The Bertz CT molecular complexity index is 807. The highest BCUT2D eigenvalue weighted by Gasteiger charge is 2.15. The Hall–Kier alpha value is -2.37. The normalized spacial score (nSPS) is 17.7. The molecule has 2 saturated heterocycles. The predicted octanol–water partition coefficient (Wildman–Crippen LogP) is 3.78. The van der Waals surface area contributed by atoms with Crippen LogP contribution in [-0.2, 0) is 17.8 Å². The van der Waals surface area contributed by atoms with Crippen molar-refractivity contribution in [1.82, 2.24) is 9.80 Å². The van der Waals surface area contributed by atoms with E-state index >= 15 is 0 Å². The van der Waals surface area contributed by atoms with Crippen molar-refractivity contribution in [3.63, 3.8) is 0 Å². The summed E-state index contributed by atoms with van der Waals surface area (Å²) in [5.41, 5.74) is 4.41. The molecule has 4 rings (SSSR count). The van der Waals surface area contributed by atoms with Crippen molar-refractivity contribution < 1.29 is 9.53 Å². The van der Waals surface area contributed by atoms with E-state index in [1.54, 1.807) is 4.90 Å². The van der Waals surface area contributed by atoms with Crippen molar-refractivity contribution in [3.8, 4) is 0 Å². The van der Waals surface area contributed by atoms with Crippen LogP contribution in [0.15, 0.2) is 48.5 Å². The van der Waals surface area contributed by atoms with Crippen molar-refractivity contribution in [1.29, 1.82) is 0 Å². The monoisotopic (exact) mass is 407 g/mol. The minimum Gasteiger partial charge on any atom is -0.378 e. The zero-order valence-electron chi connectivity index (χ0n) is 18.1. The highest BCUT2D eigenvalue weighted by atomic mass is 16.5. The summed E-state index contributed by atoms with van der Waals surface area (Å²) < 4.78 is 5.42. The average molecular weight is 408 g/mol. The smallest absolute Gasteiger partial charge is 0.253 e. The van der Waals surface area contributed by atoms with Gasteiger partial charge < -0.3 is 14.5 Å². The first kappa shape index (κ1) is 20.9. The standard InChI is InChI=1S/C25H33N3O2/c1-26(19-21-7-11-24(12-8-21)28-15-17-30-18-16-28)25(29)23-9-5-22(6-10-23)20-27-13-3-2-4-14-27/h5-12H,2-4,13-20H2,1H3. The minimum absolute atomic E-state index is 0.0665. The summed E-state index contributed by atoms with van der Waals surface area (Å²) in [4.78, 5) is 19.5. The van der Waals surface area contributed by atoms with Gasteiger partial charge in [-0.3, -0.25) is 9.69 Å². The van der Waals surface area contributed by atoms with Crippen molar-refractivity contribution in [2.45, 2.75) is 32.4 Å². The molecule has 2 aromatic rings. The molecule has 5 heteroatoms. The van der Waals surface area contributed by atoms with Crippen LogP contribution < -0.4 is 4.90 Å². The second-order valence-corrected chi connectivity index (χ2v) is 8.46. The maximum absolute atomic E-state index is 12.9. The number of likely N-dealkylation sites (tertiary alicyclic amines) is 1. The van der Waals surface area contributed by atoms with Gasteiger partial charge in [-0.05, 0) is 61.3 Å². The molecular formula is C25H33N3O2. The fourth-order valence-electron chi connectivity index (χ4n) is 4.33. The van der Waals surface area contributed by atoms with Crippen LogP contribution in [0, 0.1) is 0 Å². The van der Waals surface area contributed by atoms with Crippen LogP contribution in [0.5, 0.6) is 0 Å². The van der Waals surface area contributed by atoms with Crippen molar-refractivity contribution >= 4 is 11.6 Å². The summed E-state index contributed by atoms with van der Waals surface area (Å²) in [5, 5.41) is 0. The third-order valence-corrected chi connectivity index (χ3v) is 6.13. The molecule has 0 bridgehead atoms. The number of hydrogen-bond donors (Lipinski definition) is 0. The molecule has 0 N–H and O–H groups in total. The van der Waals surface area contributed by atoms with Gasteiger partial charge in [0.05, 0.1) is 13.2 Å². The molecule has 0 radical (unpaired) electrons. The first-order valence-corrected chi connectivity index (χ1v) is 11.2. The molecule has 2 aromatic carbocycles. The van der Waals surface area contributed by atoms with Crippen LogP contribution in [0.3, 0.4) is 0 Å². The number of carbonyl (C=O) groups excluding carboxylic acids is 1. The Morgan fingerprint density at radius 1 is 0.867 bits per heavy atom. The van der Waals surface area contributed by atoms with Crippen molar-refractivity contribution in [2.75, 3.05) is 51.3 Å². The lowest BCUT2D eigenvalue weighted by Crippen LogP contribution is -2.36. The molecular weight excluding hydrogens is 374 g/mol. The summed E-state index contributed by atoms with van der Waals surface area (Å²) >= 11 is 0. The topological polar surface area (TPSA) is 36.0 Å². The summed E-state index contributed by atoms with van der Waals surface area (Å²) in [6, 6.07) is 16.7. The van der Waals surface area contributed by atoms with Gasteiger partial charge in [-0.25, -0.2) is 0 Å². The van der Waals surface area contributed by atoms with Crippen LogP contribution in [0.25, 0.3) is 0 Å². The first-order valence-electron chi connectivity index (χ1n) is 11.2. The lowest BCUT2D eigenvalue weighted by Gasteiger charge is -2.29. The van der Waals surface area contributed by atoms with Gasteiger partial charge in [0.25, 0.3) is 5.91 Å². The summed E-state index contributed by atoms with van der Waals surface area (Å²) in [6.07, 6.45) is 3.95. The van der Waals surface area contributed by atoms with Crippen molar-refractivity contribution in [3.05, 3.63) is 65.2 Å². The lowest BCUT2D eigenvalue weighted by atomic mass is 10.1. The third-order valence-electron chi connectivity index (χ3n) is 6.13. The average Bonchev–Trinajstić information content (AvgIpc) is 2.81. The number of ether oxygens (including phenoxy) is 1. The Kier molecular flexibility index (Phi) is 7.03. The van der Waals surface area contributed by atoms with E-state index in [-0.39, 0.29) is 5.91 Å². The Morgan fingerprint density at radius 3 is 2.17 bits per heavy atom.